The first-order valence-corrected chi connectivity index (χ1v) is 8.49. The minimum atomic E-state index is -3.72. The second-order valence-electron chi connectivity index (χ2n) is 5.13. The Morgan fingerprint density at radius 2 is 1.85 bits per heavy atom. The summed E-state index contributed by atoms with van der Waals surface area (Å²) in [5, 5.41) is 8.87. The molecule has 0 bridgehead atoms. The Kier molecular flexibility index (Phi) is 7.19. The summed E-state index contributed by atoms with van der Waals surface area (Å²) in [4.78, 5) is 0.168. The van der Waals surface area contributed by atoms with E-state index in [2.05, 4.69) is 6.92 Å². The molecule has 0 radical (unpaired) electrons. The van der Waals surface area contributed by atoms with E-state index in [-0.39, 0.29) is 24.0 Å². The predicted octanol–water partition coefficient (Wildman–Crippen LogP) is 2.75. The van der Waals surface area contributed by atoms with E-state index in [0.29, 0.717) is 0 Å². The quantitative estimate of drug-likeness (QED) is 0.562. The highest BCUT2D eigenvalue weighted by Gasteiger charge is 2.16. The monoisotopic (exact) mass is 300 g/mol. The number of hydrogen-bond donors (Lipinski definition) is 1. The van der Waals surface area contributed by atoms with Crippen molar-refractivity contribution < 1.29 is 17.7 Å². The van der Waals surface area contributed by atoms with Gasteiger partial charge in [0.05, 0.1) is 11.5 Å². The molecule has 0 saturated heterocycles. The van der Waals surface area contributed by atoms with E-state index < -0.39 is 10.1 Å². The van der Waals surface area contributed by atoms with Crippen molar-refractivity contribution in [2.45, 2.75) is 44.4 Å². The summed E-state index contributed by atoms with van der Waals surface area (Å²) in [6.07, 6.45) is 4.44. The summed E-state index contributed by atoms with van der Waals surface area (Å²) in [6.45, 7) is 3.79. The van der Waals surface area contributed by atoms with Crippen molar-refractivity contribution in [1.82, 2.24) is 0 Å². The van der Waals surface area contributed by atoms with Crippen LogP contribution in [0.4, 0.5) is 0 Å². The Labute approximate surface area is 121 Å². The van der Waals surface area contributed by atoms with Crippen molar-refractivity contribution in [2.75, 3.05) is 13.2 Å². The molecule has 1 unspecified atom stereocenters. The third-order valence-corrected chi connectivity index (χ3v) is 4.40. The maximum absolute atomic E-state index is 11.9. The fraction of sp³-hybridized carbons (Fsp3) is 0.600. The normalized spacial score (nSPS) is 13.3. The minimum absolute atomic E-state index is 0.00289. The number of rotatable bonds is 9. The lowest BCUT2D eigenvalue weighted by atomic mass is 10.1. The van der Waals surface area contributed by atoms with Gasteiger partial charge in [0, 0.05) is 12.5 Å². The standard InChI is InChI=1S/C15H24O4S/c1-3-4-5-6-14-7-9-15(10-8-14)20(17,18)19-12-13(2)11-16/h7-10,13,16H,3-6,11-12H2,1-2H3. The van der Waals surface area contributed by atoms with Crippen LogP contribution in [0.3, 0.4) is 0 Å². The molecule has 0 aromatic heterocycles. The number of benzene rings is 1. The fourth-order valence-corrected chi connectivity index (χ4v) is 2.75. The van der Waals surface area contributed by atoms with E-state index in [1.807, 2.05) is 12.1 Å². The molecular formula is C15H24O4S. The summed E-state index contributed by atoms with van der Waals surface area (Å²) >= 11 is 0. The topological polar surface area (TPSA) is 63.6 Å². The van der Waals surface area contributed by atoms with Crippen molar-refractivity contribution >= 4 is 10.1 Å². The van der Waals surface area contributed by atoms with Crippen LogP contribution in [0.2, 0.25) is 0 Å². The van der Waals surface area contributed by atoms with Crippen LogP contribution in [0, 0.1) is 5.92 Å². The second kappa shape index (κ2) is 8.39. The Balaban J connectivity index is 2.62. The van der Waals surface area contributed by atoms with Crippen LogP contribution in [0.5, 0.6) is 0 Å². The minimum Gasteiger partial charge on any atom is -0.396 e. The predicted molar refractivity (Wildman–Crippen MR) is 79.1 cm³/mol. The van der Waals surface area contributed by atoms with Crippen LogP contribution >= 0.6 is 0 Å². The van der Waals surface area contributed by atoms with Crippen LogP contribution < -0.4 is 0 Å². The molecule has 1 aromatic rings. The molecule has 0 aliphatic heterocycles. The van der Waals surface area contributed by atoms with Crippen molar-refractivity contribution in [3.8, 4) is 0 Å². The molecule has 114 valence electrons. The van der Waals surface area contributed by atoms with E-state index in [1.165, 1.54) is 12.8 Å². The molecular weight excluding hydrogens is 276 g/mol. The van der Waals surface area contributed by atoms with Gasteiger partial charge in [0.25, 0.3) is 10.1 Å². The molecule has 1 rings (SSSR count). The number of aliphatic hydroxyl groups excluding tert-OH is 1. The maximum Gasteiger partial charge on any atom is 0.296 e. The van der Waals surface area contributed by atoms with Gasteiger partial charge < -0.3 is 5.11 Å². The van der Waals surface area contributed by atoms with Gasteiger partial charge in [-0.1, -0.05) is 38.8 Å². The van der Waals surface area contributed by atoms with Crippen LogP contribution in [0.1, 0.15) is 38.7 Å². The van der Waals surface area contributed by atoms with Gasteiger partial charge >= 0.3 is 0 Å². The average molecular weight is 300 g/mol. The Morgan fingerprint density at radius 3 is 2.40 bits per heavy atom. The van der Waals surface area contributed by atoms with Crippen molar-refractivity contribution in [3.63, 3.8) is 0 Å². The maximum atomic E-state index is 11.9. The second-order valence-corrected chi connectivity index (χ2v) is 6.74. The molecule has 5 heteroatoms. The fourth-order valence-electron chi connectivity index (χ4n) is 1.73. The SMILES string of the molecule is CCCCCc1ccc(S(=O)(=O)OCC(C)CO)cc1. The average Bonchev–Trinajstić information content (AvgIpc) is 2.45. The largest absolute Gasteiger partial charge is 0.396 e. The zero-order valence-corrected chi connectivity index (χ0v) is 13.0. The van der Waals surface area contributed by atoms with E-state index in [1.54, 1.807) is 19.1 Å². The van der Waals surface area contributed by atoms with E-state index >= 15 is 0 Å². The Bertz CT molecular complexity index is 479. The molecule has 0 aliphatic rings. The zero-order valence-electron chi connectivity index (χ0n) is 12.2. The third kappa shape index (κ3) is 5.61. The van der Waals surface area contributed by atoms with Crippen molar-refractivity contribution in [3.05, 3.63) is 29.8 Å². The lowest BCUT2D eigenvalue weighted by Crippen LogP contribution is -2.15. The third-order valence-electron chi connectivity index (χ3n) is 3.10. The first-order valence-electron chi connectivity index (χ1n) is 7.08. The van der Waals surface area contributed by atoms with Gasteiger partial charge in [-0.15, -0.1) is 0 Å². The van der Waals surface area contributed by atoms with Crippen LogP contribution in [-0.4, -0.2) is 26.7 Å². The van der Waals surface area contributed by atoms with E-state index in [4.69, 9.17) is 9.29 Å². The highest BCUT2D eigenvalue weighted by Crippen LogP contribution is 2.16. The smallest absolute Gasteiger partial charge is 0.296 e. The zero-order chi connectivity index (χ0) is 15.0. The molecule has 0 aliphatic carbocycles. The molecule has 1 aromatic carbocycles. The summed E-state index contributed by atoms with van der Waals surface area (Å²) in [5.41, 5.74) is 1.14. The van der Waals surface area contributed by atoms with E-state index in [0.717, 1.165) is 18.4 Å². The van der Waals surface area contributed by atoms with Crippen molar-refractivity contribution in [1.29, 1.82) is 0 Å². The number of aryl methyl sites for hydroxylation is 1. The number of hydrogen-bond acceptors (Lipinski definition) is 4. The van der Waals surface area contributed by atoms with Gasteiger partial charge in [-0.3, -0.25) is 4.18 Å². The highest BCUT2D eigenvalue weighted by atomic mass is 32.2. The van der Waals surface area contributed by atoms with Gasteiger partial charge in [-0.25, -0.2) is 0 Å². The summed E-state index contributed by atoms with van der Waals surface area (Å²) in [7, 11) is -3.72. The van der Waals surface area contributed by atoms with Gasteiger partial charge in [0.1, 0.15) is 0 Å². The summed E-state index contributed by atoms with van der Waals surface area (Å²) < 4.78 is 28.8. The number of aliphatic hydroxyl groups is 1. The van der Waals surface area contributed by atoms with E-state index in [9.17, 15) is 8.42 Å². The molecule has 1 N–H and O–H groups in total. The Morgan fingerprint density at radius 1 is 1.20 bits per heavy atom. The molecule has 0 heterocycles. The van der Waals surface area contributed by atoms with Crippen LogP contribution in [-0.2, 0) is 20.7 Å². The Hall–Kier alpha value is -0.910. The van der Waals surface area contributed by atoms with Gasteiger partial charge in [-0.05, 0) is 30.5 Å². The highest BCUT2D eigenvalue weighted by molar-refractivity contribution is 7.86. The lowest BCUT2D eigenvalue weighted by Gasteiger charge is -2.09. The van der Waals surface area contributed by atoms with Crippen LogP contribution in [0.15, 0.2) is 29.2 Å². The molecule has 0 spiro atoms. The summed E-state index contributed by atoms with van der Waals surface area (Å²) in [6, 6.07) is 6.84. The molecule has 0 saturated carbocycles. The van der Waals surface area contributed by atoms with Gasteiger partial charge in [0.2, 0.25) is 0 Å². The summed E-state index contributed by atoms with van der Waals surface area (Å²) in [5.74, 6) is -0.196. The van der Waals surface area contributed by atoms with Crippen LogP contribution in [0.25, 0.3) is 0 Å². The van der Waals surface area contributed by atoms with Gasteiger partial charge in [0.15, 0.2) is 0 Å². The molecule has 0 fully saturated rings. The first kappa shape index (κ1) is 17.1. The van der Waals surface area contributed by atoms with Crippen molar-refractivity contribution in [2.24, 2.45) is 5.92 Å². The lowest BCUT2D eigenvalue weighted by molar-refractivity contribution is 0.178. The number of unbranched alkanes of at least 4 members (excludes halogenated alkanes) is 2. The molecule has 1 atom stereocenters. The molecule has 0 amide bonds. The first-order chi connectivity index (χ1) is 9.49. The molecule has 4 nitrogen and oxygen atoms in total. The van der Waals surface area contributed by atoms with Gasteiger partial charge in [-0.2, -0.15) is 8.42 Å². The molecule has 20 heavy (non-hydrogen) atoms.